The number of hydrogen-bond acceptors (Lipinski definition) is 4. The minimum Gasteiger partial charge on any atom is -0.464 e. The molecule has 1 aromatic rings. The van der Waals surface area contributed by atoms with Gasteiger partial charge < -0.3 is 4.74 Å². The second kappa shape index (κ2) is 7.54. The molecule has 0 amide bonds. The average molecular weight is 332 g/mol. The molecule has 78 valence electrons. The largest absolute Gasteiger partial charge is 0.464 e. The molecule has 1 rings (SSSR count). The maximum absolute atomic E-state index is 5.30. The summed E-state index contributed by atoms with van der Waals surface area (Å²) in [5, 5.41) is 0.690. The molecular formula is C10H9IN2OS. The van der Waals surface area contributed by atoms with Gasteiger partial charge in [-0.2, -0.15) is 4.98 Å². The van der Waals surface area contributed by atoms with Gasteiger partial charge in [-0.25, -0.2) is 4.98 Å². The Morgan fingerprint density at radius 1 is 1.67 bits per heavy atom. The Labute approximate surface area is 107 Å². The zero-order chi connectivity index (χ0) is 10.9. The van der Waals surface area contributed by atoms with Crippen LogP contribution in [0.1, 0.15) is 0 Å². The van der Waals surface area contributed by atoms with Gasteiger partial charge in [-0.15, -0.1) is 6.58 Å². The number of nitrogens with zero attached hydrogens (tertiary/aromatic N) is 2. The van der Waals surface area contributed by atoms with E-state index in [2.05, 4.69) is 26.4 Å². The van der Waals surface area contributed by atoms with Crippen molar-refractivity contribution in [3.8, 4) is 15.7 Å². The minimum absolute atomic E-state index is 0.353. The first-order valence-electron chi connectivity index (χ1n) is 4.15. The van der Waals surface area contributed by atoms with Gasteiger partial charge in [-0.05, 0) is 3.93 Å². The van der Waals surface area contributed by atoms with Crippen LogP contribution in [0.3, 0.4) is 0 Å². The molecule has 0 N–H and O–H groups in total. The zero-order valence-corrected chi connectivity index (χ0v) is 10.9. The molecule has 0 aliphatic rings. The fourth-order valence-electron chi connectivity index (χ4n) is 0.746. The lowest BCUT2D eigenvalue weighted by molar-refractivity contribution is 0.351. The molecule has 1 heterocycles. The third-order valence-corrected chi connectivity index (χ3v) is 2.54. The van der Waals surface area contributed by atoms with Crippen molar-refractivity contribution >= 4 is 34.4 Å². The van der Waals surface area contributed by atoms with Crippen LogP contribution in [0.2, 0.25) is 0 Å². The van der Waals surface area contributed by atoms with E-state index < -0.39 is 0 Å². The summed E-state index contributed by atoms with van der Waals surface area (Å²) in [6.45, 7) is 3.98. The molecule has 0 saturated heterocycles. The Morgan fingerprint density at radius 2 is 2.53 bits per heavy atom. The van der Waals surface area contributed by atoms with Gasteiger partial charge in [0.15, 0.2) is 11.8 Å². The van der Waals surface area contributed by atoms with Crippen LogP contribution in [0.25, 0.3) is 0 Å². The van der Waals surface area contributed by atoms with Crippen molar-refractivity contribution in [2.75, 3.05) is 12.4 Å². The molecule has 0 spiro atoms. The number of hydrogen-bond donors (Lipinski definition) is 0. The predicted octanol–water partition coefficient (Wildman–Crippen LogP) is 2.53. The molecule has 0 unspecified atom stereocenters. The standard InChI is InChI=1S/C10H9IN2OS/c1-2-8-15-10-12-6-4-9(13-10)14-7-3-5-11/h2,4,6H,1,7-8H2. The fourth-order valence-corrected chi connectivity index (χ4v) is 1.46. The van der Waals surface area contributed by atoms with E-state index in [1.165, 1.54) is 11.8 Å². The topological polar surface area (TPSA) is 35.0 Å². The summed E-state index contributed by atoms with van der Waals surface area (Å²) < 4.78 is 8.02. The maximum Gasteiger partial charge on any atom is 0.218 e. The van der Waals surface area contributed by atoms with E-state index in [0.717, 1.165) is 5.75 Å². The van der Waals surface area contributed by atoms with Crippen molar-refractivity contribution < 1.29 is 4.74 Å². The predicted molar refractivity (Wildman–Crippen MR) is 70.2 cm³/mol. The fraction of sp³-hybridized carbons (Fsp3) is 0.200. The lowest BCUT2D eigenvalue weighted by atomic mass is 10.6. The molecule has 0 saturated carbocycles. The highest BCUT2D eigenvalue weighted by Crippen LogP contribution is 2.15. The van der Waals surface area contributed by atoms with Crippen molar-refractivity contribution in [3.63, 3.8) is 0 Å². The van der Waals surface area contributed by atoms with Crippen LogP contribution >= 0.6 is 34.4 Å². The first-order valence-corrected chi connectivity index (χ1v) is 6.21. The summed E-state index contributed by atoms with van der Waals surface area (Å²) >= 11 is 3.48. The lowest BCUT2D eigenvalue weighted by Crippen LogP contribution is -1.97. The molecule has 0 aliphatic heterocycles. The Hall–Kier alpha value is -0.740. The number of rotatable bonds is 5. The van der Waals surface area contributed by atoms with Crippen LogP contribution in [0.5, 0.6) is 5.88 Å². The van der Waals surface area contributed by atoms with Gasteiger partial charge in [0.05, 0.1) is 0 Å². The van der Waals surface area contributed by atoms with Crippen molar-refractivity contribution in [3.05, 3.63) is 24.9 Å². The van der Waals surface area contributed by atoms with Crippen LogP contribution < -0.4 is 4.74 Å². The molecule has 0 aromatic carbocycles. The highest BCUT2D eigenvalue weighted by molar-refractivity contribution is 14.1. The SMILES string of the molecule is C=CCSc1nccc(OCC#CI)n1. The Kier molecular flexibility index (Phi) is 6.20. The number of aromatic nitrogens is 2. The molecule has 0 bridgehead atoms. The Balaban J connectivity index is 2.55. The van der Waals surface area contributed by atoms with Crippen LogP contribution in [-0.4, -0.2) is 22.3 Å². The van der Waals surface area contributed by atoms with E-state index in [0.29, 0.717) is 17.6 Å². The van der Waals surface area contributed by atoms with Crippen molar-refractivity contribution in [2.24, 2.45) is 0 Å². The van der Waals surface area contributed by atoms with Crippen molar-refractivity contribution in [1.29, 1.82) is 0 Å². The maximum atomic E-state index is 5.30. The van der Waals surface area contributed by atoms with Gasteiger partial charge in [-0.1, -0.05) is 23.8 Å². The Bertz CT molecular complexity index is 386. The van der Waals surface area contributed by atoms with E-state index >= 15 is 0 Å². The van der Waals surface area contributed by atoms with Crippen molar-refractivity contribution in [2.45, 2.75) is 5.16 Å². The summed E-state index contributed by atoms with van der Waals surface area (Å²) in [5.74, 6) is 4.13. The molecule has 5 heteroatoms. The van der Waals surface area contributed by atoms with E-state index in [-0.39, 0.29) is 0 Å². The van der Waals surface area contributed by atoms with Gasteiger partial charge in [0.2, 0.25) is 5.88 Å². The van der Waals surface area contributed by atoms with Crippen molar-refractivity contribution in [1.82, 2.24) is 9.97 Å². The van der Waals surface area contributed by atoms with Gasteiger partial charge >= 0.3 is 0 Å². The molecule has 0 aliphatic carbocycles. The molecule has 1 aromatic heterocycles. The highest BCUT2D eigenvalue weighted by Gasteiger charge is 1.98. The van der Waals surface area contributed by atoms with Crippen LogP contribution in [-0.2, 0) is 0 Å². The molecule has 0 radical (unpaired) electrons. The third-order valence-electron chi connectivity index (χ3n) is 1.30. The van der Waals surface area contributed by atoms with Crippen LogP contribution in [0.15, 0.2) is 30.1 Å². The number of thioether (sulfide) groups is 1. The van der Waals surface area contributed by atoms with Crippen LogP contribution in [0, 0.1) is 9.85 Å². The molecule has 3 nitrogen and oxygen atoms in total. The van der Waals surface area contributed by atoms with E-state index in [9.17, 15) is 0 Å². The van der Waals surface area contributed by atoms with Gasteiger partial charge in [0.1, 0.15) is 0 Å². The van der Waals surface area contributed by atoms with Gasteiger partial charge in [-0.3, -0.25) is 0 Å². The summed E-state index contributed by atoms with van der Waals surface area (Å²) in [4.78, 5) is 8.29. The average Bonchev–Trinajstić information content (AvgIpc) is 2.27. The van der Waals surface area contributed by atoms with E-state index in [4.69, 9.17) is 4.74 Å². The number of ether oxygens (including phenoxy) is 1. The van der Waals surface area contributed by atoms with Gasteiger partial charge in [0, 0.05) is 40.6 Å². The monoisotopic (exact) mass is 332 g/mol. The molecular weight excluding hydrogens is 323 g/mol. The minimum atomic E-state index is 0.353. The van der Waals surface area contributed by atoms with E-state index in [1.54, 1.807) is 12.3 Å². The molecule has 0 atom stereocenters. The molecule has 0 fully saturated rings. The third kappa shape index (κ3) is 5.04. The summed E-state index contributed by atoms with van der Waals surface area (Å²) in [6, 6.07) is 1.72. The summed E-state index contributed by atoms with van der Waals surface area (Å²) in [6.07, 6.45) is 3.48. The first-order chi connectivity index (χ1) is 7.36. The Morgan fingerprint density at radius 3 is 3.27 bits per heavy atom. The molecule has 15 heavy (non-hydrogen) atoms. The highest BCUT2D eigenvalue weighted by atomic mass is 127. The summed E-state index contributed by atoms with van der Waals surface area (Å²) in [5.41, 5.74) is 0. The van der Waals surface area contributed by atoms with Crippen LogP contribution in [0.4, 0.5) is 0 Å². The first kappa shape index (κ1) is 12.3. The smallest absolute Gasteiger partial charge is 0.218 e. The quantitative estimate of drug-likeness (QED) is 0.273. The zero-order valence-electron chi connectivity index (χ0n) is 7.94. The lowest BCUT2D eigenvalue weighted by Gasteiger charge is -2.01. The number of halogens is 1. The summed E-state index contributed by atoms with van der Waals surface area (Å²) in [7, 11) is 0. The van der Waals surface area contributed by atoms with E-state index in [1.807, 2.05) is 28.7 Å². The second-order valence-corrected chi connectivity index (χ2v) is 3.86. The second-order valence-electron chi connectivity index (χ2n) is 2.34. The normalized spacial score (nSPS) is 8.87. The van der Waals surface area contributed by atoms with Gasteiger partial charge in [0.25, 0.3) is 0 Å².